The zero-order valence-electron chi connectivity index (χ0n) is 17.9. The van der Waals surface area contributed by atoms with Crippen molar-refractivity contribution in [1.82, 2.24) is 14.9 Å². The molecular weight excluding hydrogens is 430 g/mol. The average Bonchev–Trinajstić information content (AvgIpc) is 2.81. The number of amides is 1. The molecule has 1 aromatic heterocycles. The van der Waals surface area contributed by atoms with Crippen LogP contribution in [-0.2, 0) is 11.3 Å². The predicted molar refractivity (Wildman–Crippen MR) is 119 cm³/mol. The molecular formula is C23H25N3O7. The van der Waals surface area contributed by atoms with Gasteiger partial charge in [-0.05, 0) is 31.2 Å². The number of aliphatic hydroxyl groups excluding tert-OH is 2. The van der Waals surface area contributed by atoms with Gasteiger partial charge < -0.3 is 25.0 Å². The van der Waals surface area contributed by atoms with E-state index in [2.05, 4.69) is 10.3 Å². The Morgan fingerprint density at radius 3 is 2.67 bits per heavy atom. The van der Waals surface area contributed by atoms with Crippen molar-refractivity contribution in [2.45, 2.75) is 37.8 Å². The number of nitrogens with zero attached hydrogens (tertiary/aromatic N) is 1. The van der Waals surface area contributed by atoms with E-state index in [1.165, 1.54) is 4.57 Å². The molecule has 0 aliphatic carbocycles. The van der Waals surface area contributed by atoms with Gasteiger partial charge in [-0.25, -0.2) is 4.79 Å². The Kier molecular flexibility index (Phi) is 6.59. The fourth-order valence-corrected chi connectivity index (χ4v) is 3.96. The van der Waals surface area contributed by atoms with Crippen molar-refractivity contribution in [2.75, 3.05) is 13.2 Å². The van der Waals surface area contributed by atoms with Gasteiger partial charge in [-0.3, -0.25) is 19.1 Å². The van der Waals surface area contributed by atoms with Crippen LogP contribution in [0.2, 0.25) is 0 Å². The molecule has 1 amide bonds. The Morgan fingerprint density at radius 1 is 1.15 bits per heavy atom. The van der Waals surface area contributed by atoms with Gasteiger partial charge in [-0.1, -0.05) is 24.3 Å². The number of carbonyl (C=O) groups excluding carboxylic acids is 1. The Morgan fingerprint density at radius 2 is 1.88 bits per heavy atom. The monoisotopic (exact) mass is 455 g/mol. The van der Waals surface area contributed by atoms with Crippen LogP contribution in [0.15, 0.2) is 58.1 Å². The molecule has 0 bridgehead atoms. The number of ether oxygens (including phenoxy) is 2. The topological polar surface area (TPSA) is 143 Å². The van der Waals surface area contributed by atoms with Crippen LogP contribution in [-0.4, -0.2) is 63.2 Å². The average molecular weight is 455 g/mol. The highest BCUT2D eigenvalue weighted by Crippen LogP contribution is 2.21. The quantitative estimate of drug-likeness (QED) is 0.410. The summed E-state index contributed by atoms with van der Waals surface area (Å²) in [5.74, 6) is -0.0633. The standard InChI is InChI=1S/C23H25N3O7/c1-2-32-17-10-6-4-8-14(17)22(30)24-15-12-33-18(20(28)19(15)27)11-26-16-9-5-3-7-13(16)21(29)25-23(26)31/h3-10,15,18-20,27-28H,2,11-12H2,1H3,(H,24,30)(H,25,29,31)/t15-,18-,19+,20-/m1/s1. The van der Waals surface area contributed by atoms with Gasteiger partial charge in [0.1, 0.15) is 24.1 Å². The number of aromatic amines is 1. The zero-order chi connectivity index (χ0) is 23.5. The fourth-order valence-electron chi connectivity index (χ4n) is 3.96. The molecule has 10 heteroatoms. The number of nitrogens with one attached hydrogen (secondary N) is 2. The van der Waals surface area contributed by atoms with E-state index in [1.807, 2.05) is 0 Å². The van der Waals surface area contributed by atoms with Gasteiger partial charge >= 0.3 is 5.69 Å². The van der Waals surface area contributed by atoms with Crippen LogP contribution in [0.4, 0.5) is 0 Å². The number of aliphatic hydroxyl groups is 2. The van der Waals surface area contributed by atoms with Crippen molar-refractivity contribution >= 4 is 16.8 Å². The zero-order valence-corrected chi connectivity index (χ0v) is 17.9. The van der Waals surface area contributed by atoms with Gasteiger partial charge in [0, 0.05) is 0 Å². The van der Waals surface area contributed by atoms with E-state index in [0.717, 1.165) is 0 Å². The molecule has 1 aliphatic heterocycles. The first kappa shape index (κ1) is 22.7. The summed E-state index contributed by atoms with van der Waals surface area (Å²) in [5, 5.41) is 24.3. The first-order valence-electron chi connectivity index (χ1n) is 10.6. The van der Waals surface area contributed by atoms with Crippen molar-refractivity contribution in [3.63, 3.8) is 0 Å². The SMILES string of the molecule is CCOc1ccccc1C(=O)N[C@@H]1CO[C@H](Cn2c(=O)[nH]c(=O)c3ccccc32)[C@@H](O)[C@H]1O. The van der Waals surface area contributed by atoms with Gasteiger partial charge in [0.2, 0.25) is 0 Å². The third kappa shape index (κ3) is 4.54. The summed E-state index contributed by atoms with van der Waals surface area (Å²) in [6, 6.07) is 12.4. The summed E-state index contributed by atoms with van der Waals surface area (Å²) in [5.41, 5.74) is -0.465. The number of para-hydroxylation sites is 2. The predicted octanol–water partition coefficient (Wildman–Crippen LogP) is 0.00770. The number of fused-ring (bicyclic) bond motifs is 1. The molecule has 4 rings (SSSR count). The summed E-state index contributed by atoms with van der Waals surface area (Å²) in [6.45, 7) is 2.02. The van der Waals surface area contributed by atoms with E-state index < -0.39 is 41.5 Å². The molecule has 33 heavy (non-hydrogen) atoms. The van der Waals surface area contributed by atoms with Crippen LogP contribution in [0.5, 0.6) is 5.75 Å². The molecule has 0 saturated carbocycles. The Balaban J connectivity index is 1.50. The first-order chi connectivity index (χ1) is 15.9. The number of rotatable bonds is 6. The van der Waals surface area contributed by atoms with E-state index in [9.17, 15) is 24.6 Å². The molecule has 174 valence electrons. The molecule has 0 spiro atoms. The highest BCUT2D eigenvalue weighted by molar-refractivity contribution is 5.97. The van der Waals surface area contributed by atoms with Crippen molar-refractivity contribution in [2.24, 2.45) is 0 Å². The van der Waals surface area contributed by atoms with Crippen LogP contribution in [0.1, 0.15) is 17.3 Å². The lowest BCUT2D eigenvalue weighted by atomic mass is 9.97. The molecule has 1 aliphatic rings. The minimum atomic E-state index is -1.39. The Hall–Kier alpha value is -3.47. The van der Waals surface area contributed by atoms with E-state index in [0.29, 0.717) is 28.8 Å². The van der Waals surface area contributed by atoms with Gasteiger partial charge in [0.15, 0.2) is 0 Å². The molecule has 1 saturated heterocycles. The fraction of sp³-hybridized carbons (Fsp3) is 0.348. The van der Waals surface area contributed by atoms with Gasteiger partial charge in [-0.15, -0.1) is 0 Å². The highest BCUT2D eigenvalue weighted by atomic mass is 16.5. The van der Waals surface area contributed by atoms with E-state index in [4.69, 9.17) is 9.47 Å². The third-order valence-corrected chi connectivity index (χ3v) is 5.65. The van der Waals surface area contributed by atoms with Crippen LogP contribution >= 0.6 is 0 Å². The van der Waals surface area contributed by atoms with Crippen molar-refractivity contribution < 1.29 is 24.5 Å². The number of benzene rings is 2. The molecule has 0 unspecified atom stereocenters. The summed E-state index contributed by atoms with van der Waals surface area (Å²) in [7, 11) is 0. The second kappa shape index (κ2) is 9.57. The minimum absolute atomic E-state index is 0.0819. The number of aromatic nitrogens is 2. The molecule has 10 nitrogen and oxygen atoms in total. The number of carbonyl (C=O) groups is 1. The lowest BCUT2D eigenvalue weighted by Crippen LogP contribution is -2.60. The first-order valence-corrected chi connectivity index (χ1v) is 10.6. The Labute approximate surface area is 188 Å². The summed E-state index contributed by atoms with van der Waals surface area (Å²) in [4.78, 5) is 39.4. The van der Waals surface area contributed by atoms with Gasteiger partial charge in [-0.2, -0.15) is 0 Å². The largest absolute Gasteiger partial charge is 0.493 e. The second-order valence-electron chi connectivity index (χ2n) is 7.75. The minimum Gasteiger partial charge on any atom is -0.493 e. The van der Waals surface area contributed by atoms with Crippen LogP contribution in [0.3, 0.4) is 0 Å². The third-order valence-electron chi connectivity index (χ3n) is 5.65. The molecule has 1 fully saturated rings. The number of hydrogen-bond acceptors (Lipinski definition) is 7. The van der Waals surface area contributed by atoms with Crippen LogP contribution < -0.4 is 21.3 Å². The Bertz CT molecular complexity index is 1270. The maximum Gasteiger partial charge on any atom is 0.328 e. The van der Waals surface area contributed by atoms with Gasteiger partial charge in [0.25, 0.3) is 11.5 Å². The van der Waals surface area contributed by atoms with Crippen molar-refractivity contribution in [3.8, 4) is 5.75 Å². The maximum absolute atomic E-state index is 12.7. The second-order valence-corrected chi connectivity index (χ2v) is 7.75. The van der Waals surface area contributed by atoms with Crippen LogP contribution in [0.25, 0.3) is 10.9 Å². The highest BCUT2D eigenvalue weighted by Gasteiger charge is 2.39. The number of H-pyrrole nitrogens is 1. The lowest BCUT2D eigenvalue weighted by Gasteiger charge is -2.38. The van der Waals surface area contributed by atoms with E-state index in [-0.39, 0.29) is 13.2 Å². The number of hydrogen-bond donors (Lipinski definition) is 4. The van der Waals surface area contributed by atoms with Crippen molar-refractivity contribution in [1.29, 1.82) is 0 Å². The summed E-state index contributed by atoms with van der Waals surface area (Å²) in [6.07, 6.45) is -3.66. The van der Waals surface area contributed by atoms with E-state index in [1.54, 1.807) is 55.5 Å². The van der Waals surface area contributed by atoms with Gasteiger partial charge in [0.05, 0.1) is 42.3 Å². The molecule has 0 radical (unpaired) electrons. The van der Waals surface area contributed by atoms with Crippen molar-refractivity contribution in [3.05, 3.63) is 74.9 Å². The van der Waals surface area contributed by atoms with Crippen LogP contribution in [0, 0.1) is 0 Å². The summed E-state index contributed by atoms with van der Waals surface area (Å²) >= 11 is 0. The summed E-state index contributed by atoms with van der Waals surface area (Å²) < 4.78 is 12.5. The molecule has 2 aromatic carbocycles. The normalized spacial score (nSPS) is 22.8. The maximum atomic E-state index is 12.7. The molecule has 4 atom stereocenters. The molecule has 3 aromatic rings. The lowest BCUT2D eigenvalue weighted by molar-refractivity contribution is -0.152. The molecule has 2 heterocycles. The molecule has 4 N–H and O–H groups in total. The van der Waals surface area contributed by atoms with E-state index >= 15 is 0 Å². The smallest absolute Gasteiger partial charge is 0.328 e.